The fraction of sp³-hybridized carbons (Fsp3) is 0.500. The molecular formula is C14H16FNO2. The van der Waals surface area contributed by atoms with Gasteiger partial charge in [-0.05, 0) is 37.5 Å². The number of rotatable bonds is 2. The van der Waals surface area contributed by atoms with Crippen molar-refractivity contribution in [3.05, 3.63) is 29.6 Å². The minimum atomic E-state index is -0.351. The van der Waals surface area contributed by atoms with Crippen LogP contribution in [0.4, 0.5) is 10.1 Å². The molecule has 18 heavy (non-hydrogen) atoms. The van der Waals surface area contributed by atoms with E-state index in [1.807, 2.05) is 0 Å². The van der Waals surface area contributed by atoms with E-state index in [1.165, 1.54) is 12.1 Å². The van der Waals surface area contributed by atoms with Gasteiger partial charge in [0, 0.05) is 17.8 Å². The van der Waals surface area contributed by atoms with E-state index >= 15 is 0 Å². The topological polar surface area (TPSA) is 29.5 Å². The second kappa shape index (κ2) is 4.69. The Kier molecular flexibility index (Phi) is 3.04. The number of nitrogens with zero attached hydrogens (tertiary/aromatic N) is 1. The summed E-state index contributed by atoms with van der Waals surface area (Å²) in [5.41, 5.74) is 1.20. The van der Waals surface area contributed by atoms with E-state index in [2.05, 4.69) is 4.90 Å². The lowest BCUT2D eigenvalue weighted by molar-refractivity contribution is 0.0256. The number of benzene rings is 1. The maximum absolute atomic E-state index is 13.5. The van der Waals surface area contributed by atoms with Crippen LogP contribution < -0.4 is 4.90 Å². The van der Waals surface area contributed by atoms with Gasteiger partial charge in [-0.25, -0.2) is 4.39 Å². The van der Waals surface area contributed by atoms with Crippen LogP contribution >= 0.6 is 0 Å². The Labute approximate surface area is 106 Å². The van der Waals surface area contributed by atoms with Crippen LogP contribution in [0.3, 0.4) is 0 Å². The van der Waals surface area contributed by atoms with E-state index in [-0.39, 0.29) is 11.9 Å². The molecule has 0 aromatic heterocycles. The smallest absolute Gasteiger partial charge is 0.150 e. The summed E-state index contributed by atoms with van der Waals surface area (Å²) in [6.07, 6.45) is 4.27. The number of morpholine rings is 1. The SMILES string of the molecule is O=Cc1cc(F)cc(N2CCOC3CCCC32)c1. The molecule has 1 aliphatic carbocycles. The highest BCUT2D eigenvalue weighted by Gasteiger charge is 2.36. The highest BCUT2D eigenvalue weighted by Crippen LogP contribution is 2.33. The molecule has 2 aliphatic rings. The van der Waals surface area contributed by atoms with Crippen molar-refractivity contribution in [2.24, 2.45) is 0 Å². The van der Waals surface area contributed by atoms with Crippen LogP contribution in [0, 0.1) is 5.82 Å². The van der Waals surface area contributed by atoms with Crippen molar-refractivity contribution < 1.29 is 13.9 Å². The highest BCUT2D eigenvalue weighted by atomic mass is 19.1. The molecule has 1 saturated carbocycles. The molecule has 3 nitrogen and oxygen atoms in total. The van der Waals surface area contributed by atoms with Crippen LogP contribution in [0.2, 0.25) is 0 Å². The Morgan fingerprint density at radius 2 is 2.22 bits per heavy atom. The predicted octanol–water partition coefficient (Wildman–Crippen LogP) is 2.40. The number of carbonyl (C=O) groups is 1. The zero-order valence-electron chi connectivity index (χ0n) is 10.1. The van der Waals surface area contributed by atoms with Crippen LogP contribution in [0.1, 0.15) is 29.6 Å². The second-order valence-electron chi connectivity index (χ2n) is 4.96. The number of fused-ring (bicyclic) bond motifs is 1. The fourth-order valence-electron chi connectivity index (χ4n) is 3.08. The van der Waals surface area contributed by atoms with Gasteiger partial charge >= 0.3 is 0 Å². The van der Waals surface area contributed by atoms with Crippen molar-refractivity contribution in [1.29, 1.82) is 0 Å². The molecule has 3 rings (SSSR count). The maximum Gasteiger partial charge on any atom is 0.150 e. The Morgan fingerprint density at radius 3 is 3.06 bits per heavy atom. The van der Waals surface area contributed by atoms with Gasteiger partial charge < -0.3 is 9.64 Å². The normalized spacial score (nSPS) is 27.1. The number of aldehydes is 1. The molecule has 1 aromatic carbocycles. The molecule has 2 unspecified atom stereocenters. The molecular weight excluding hydrogens is 233 g/mol. The lowest BCUT2D eigenvalue weighted by atomic mass is 10.1. The lowest BCUT2D eigenvalue weighted by Gasteiger charge is -2.39. The number of halogens is 1. The van der Waals surface area contributed by atoms with Crippen molar-refractivity contribution in [3.8, 4) is 0 Å². The van der Waals surface area contributed by atoms with E-state index < -0.39 is 0 Å². The third kappa shape index (κ3) is 2.01. The van der Waals surface area contributed by atoms with E-state index in [9.17, 15) is 9.18 Å². The number of hydrogen-bond donors (Lipinski definition) is 0. The van der Waals surface area contributed by atoms with E-state index in [0.29, 0.717) is 24.5 Å². The van der Waals surface area contributed by atoms with Crippen LogP contribution in [-0.2, 0) is 4.74 Å². The highest BCUT2D eigenvalue weighted by molar-refractivity contribution is 5.77. The average molecular weight is 249 g/mol. The molecule has 4 heteroatoms. The molecule has 2 atom stereocenters. The van der Waals surface area contributed by atoms with Crippen molar-refractivity contribution in [2.45, 2.75) is 31.4 Å². The van der Waals surface area contributed by atoms with Crippen LogP contribution in [0.5, 0.6) is 0 Å². The zero-order chi connectivity index (χ0) is 12.5. The lowest BCUT2D eigenvalue weighted by Crippen LogP contribution is -2.48. The second-order valence-corrected chi connectivity index (χ2v) is 4.96. The van der Waals surface area contributed by atoms with Gasteiger partial charge in [0.1, 0.15) is 12.1 Å². The quantitative estimate of drug-likeness (QED) is 0.754. The van der Waals surface area contributed by atoms with Gasteiger partial charge in [0.05, 0.1) is 18.8 Å². The van der Waals surface area contributed by atoms with Gasteiger partial charge in [-0.2, -0.15) is 0 Å². The third-order valence-electron chi connectivity index (χ3n) is 3.85. The summed E-state index contributed by atoms with van der Waals surface area (Å²) in [7, 11) is 0. The largest absolute Gasteiger partial charge is 0.374 e. The molecule has 2 fully saturated rings. The molecule has 1 aliphatic heterocycles. The summed E-state index contributed by atoms with van der Waals surface area (Å²) in [5.74, 6) is -0.351. The van der Waals surface area contributed by atoms with Crippen LogP contribution in [0.15, 0.2) is 18.2 Å². The molecule has 0 amide bonds. The first kappa shape index (κ1) is 11.7. The molecule has 96 valence electrons. The fourth-order valence-corrected chi connectivity index (χ4v) is 3.08. The Hall–Kier alpha value is -1.42. The van der Waals surface area contributed by atoms with Crippen LogP contribution in [0.25, 0.3) is 0 Å². The Balaban J connectivity index is 1.93. The van der Waals surface area contributed by atoms with Gasteiger partial charge in [-0.3, -0.25) is 4.79 Å². The van der Waals surface area contributed by atoms with Gasteiger partial charge in [0.15, 0.2) is 0 Å². The molecule has 1 heterocycles. The monoisotopic (exact) mass is 249 g/mol. The van der Waals surface area contributed by atoms with E-state index in [1.54, 1.807) is 6.07 Å². The van der Waals surface area contributed by atoms with Gasteiger partial charge in [-0.15, -0.1) is 0 Å². The van der Waals surface area contributed by atoms with Crippen LogP contribution in [-0.4, -0.2) is 31.6 Å². The molecule has 0 radical (unpaired) electrons. The number of carbonyl (C=O) groups excluding carboxylic acids is 1. The molecule has 1 saturated heterocycles. The van der Waals surface area contributed by atoms with E-state index in [4.69, 9.17) is 4.74 Å². The van der Waals surface area contributed by atoms with E-state index in [0.717, 1.165) is 31.5 Å². The first-order valence-electron chi connectivity index (χ1n) is 6.42. The summed E-state index contributed by atoms with van der Waals surface area (Å²) in [6.45, 7) is 1.44. The minimum Gasteiger partial charge on any atom is -0.374 e. The number of ether oxygens (including phenoxy) is 1. The summed E-state index contributed by atoms with van der Waals surface area (Å²) in [6, 6.07) is 4.87. The predicted molar refractivity (Wildman–Crippen MR) is 66.5 cm³/mol. The van der Waals surface area contributed by atoms with Crippen molar-refractivity contribution in [3.63, 3.8) is 0 Å². The molecule has 1 aromatic rings. The van der Waals surface area contributed by atoms with Gasteiger partial charge in [0.2, 0.25) is 0 Å². The standard InChI is InChI=1S/C14H16FNO2/c15-11-6-10(9-17)7-12(8-11)16-4-5-18-14-3-1-2-13(14)16/h6-9,13-14H,1-5H2. The number of anilines is 1. The maximum atomic E-state index is 13.5. The van der Waals surface area contributed by atoms with Gasteiger partial charge in [-0.1, -0.05) is 0 Å². The first-order chi connectivity index (χ1) is 8.78. The summed E-state index contributed by atoms with van der Waals surface area (Å²) >= 11 is 0. The van der Waals surface area contributed by atoms with Crippen molar-refractivity contribution in [1.82, 2.24) is 0 Å². The average Bonchev–Trinajstić information content (AvgIpc) is 2.85. The molecule has 0 spiro atoms. The Morgan fingerprint density at radius 1 is 1.33 bits per heavy atom. The number of hydrogen-bond acceptors (Lipinski definition) is 3. The molecule has 0 bridgehead atoms. The zero-order valence-corrected chi connectivity index (χ0v) is 10.1. The summed E-state index contributed by atoms with van der Waals surface area (Å²) < 4.78 is 19.2. The minimum absolute atomic E-state index is 0.265. The molecule has 0 N–H and O–H groups in total. The van der Waals surface area contributed by atoms with Crippen molar-refractivity contribution in [2.75, 3.05) is 18.1 Å². The summed E-state index contributed by atoms with van der Waals surface area (Å²) in [4.78, 5) is 13.0. The third-order valence-corrected chi connectivity index (χ3v) is 3.85. The summed E-state index contributed by atoms with van der Waals surface area (Å²) in [5, 5.41) is 0. The first-order valence-corrected chi connectivity index (χ1v) is 6.42. The van der Waals surface area contributed by atoms with Gasteiger partial charge in [0.25, 0.3) is 0 Å². The Bertz CT molecular complexity index is 463. The van der Waals surface area contributed by atoms with Crippen molar-refractivity contribution >= 4 is 12.0 Å².